The van der Waals surface area contributed by atoms with Crippen LogP contribution in [-0.2, 0) is 15.1 Å². The van der Waals surface area contributed by atoms with Crippen molar-refractivity contribution in [2.75, 3.05) is 27.4 Å². The molecule has 0 aliphatic rings. The molecule has 0 saturated carbocycles. The third-order valence-electron chi connectivity index (χ3n) is 3.17. The minimum atomic E-state index is -0.912. The normalized spacial score (nSPS) is 13.4. The van der Waals surface area contributed by atoms with E-state index < -0.39 is 5.54 Å². The van der Waals surface area contributed by atoms with Crippen LogP contribution in [0.5, 0.6) is 11.5 Å². The molecule has 1 aromatic rings. The standard InChI is InChI=1S/C15H23NO4/c1-6-16-15(3,14(17)20-7-2)11-8-9-12(18-4)13(10-11)19-5/h8-10,16H,6-7H2,1-5H3. The SMILES string of the molecule is CCNC(C)(C(=O)OCC)c1ccc(OC)c(OC)c1. The van der Waals surface area contributed by atoms with E-state index in [2.05, 4.69) is 5.32 Å². The fourth-order valence-corrected chi connectivity index (χ4v) is 2.07. The second-order valence-corrected chi connectivity index (χ2v) is 4.45. The Labute approximate surface area is 120 Å². The highest BCUT2D eigenvalue weighted by atomic mass is 16.5. The predicted molar refractivity (Wildman–Crippen MR) is 77.2 cm³/mol. The number of methoxy groups -OCH3 is 2. The van der Waals surface area contributed by atoms with E-state index >= 15 is 0 Å². The van der Waals surface area contributed by atoms with Gasteiger partial charge in [0, 0.05) is 0 Å². The van der Waals surface area contributed by atoms with Gasteiger partial charge in [0.05, 0.1) is 20.8 Å². The van der Waals surface area contributed by atoms with Gasteiger partial charge in [-0.3, -0.25) is 5.32 Å². The molecular formula is C15H23NO4. The molecule has 5 nitrogen and oxygen atoms in total. The maximum Gasteiger partial charge on any atom is 0.330 e. The molecule has 1 rings (SSSR count). The summed E-state index contributed by atoms with van der Waals surface area (Å²) in [6.45, 7) is 6.52. The van der Waals surface area contributed by atoms with E-state index in [9.17, 15) is 4.79 Å². The summed E-state index contributed by atoms with van der Waals surface area (Å²) in [4.78, 5) is 12.3. The second kappa shape index (κ2) is 7.14. The van der Waals surface area contributed by atoms with Gasteiger partial charge in [-0.25, -0.2) is 4.79 Å². The minimum absolute atomic E-state index is 0.311. The van der Waals surface area contributed by atoms with Crippen LogP contribution in [0.2, 0.25) is 0 Å². The maximum absolute atomic E-state index is 12.3. The number of ether oxygens (including phenoxy) is 3. The van der Waals surface area contributed by atoms with E-state index in [1.165, 1.54) is 0 Å². The summed E-state index contributed by atoms with van der Waals surface area (Å²) in [6, 6.07) is 5.41. The zero-order valence-electron chi connectivity index (χ0n) is 12.8. The fourth-order valence-electron chi connectivity index (χ4n) is 2.07. The quantitative estimate of drug-likeness (QED) is 0.776. The molecule has 0 aliphatic heterocycles. The lowest BCUT2D eigenvalue weighted by molar-refractivity contribution is -0.151. The highest BCUT2D eigenvalue weighted by molar-refractivity contribution is 5.82. The van der Waals surface area contributed by atoms with Crippen molar-refractivity contribution in [2.45, 2.75) is 26.3 Å². The number of esters is 1. The molecular weight excluding hydrogens is 258 g/mol. The molecule has 0 bridgehead atoms. The van der Waals surface area contributed by atoms with Gasteiger partial charge in [-0.1, -0.05) is 13.0 Å². The van der Waals surface area contributed by atoms with Gasteiger partial charge in [-0.15, -0.1) is 0 Å². The Morgan fingerprint density at radius 1 is 1.20 bits per heavy atom. The molecule has 0 saturated heterocycles. The Balaban J connectivity index is 3.24. The smallest absolute Gasteiger partial charge is 0.330 e. The van der Waals surface area contributed by atoms with Gasteiger partial charge >= 0.3 is 5.97 Å². The molecule has 1 unspecified atom stereocenters. The number of rotatable bonds is 7. The fraction of sp³-hybridized carbons (Fsp3) is 0.533. The number of carbonyl (C=O) groups excluding carboxylic acids is 1. The van der Waals surface area contributed by atoms with Crippen LogP contribution in [0, 0.1) is 0 Å². The number of carbonyl (C=O) groups is 1. The first-order valence-corrected chi connectivity index (χ1v) is 6.68. The summed E-state index contributed by atoms with van der Waals surface area (Å²) in [7, 11) is 3.14. The Morgan fingerprint density at radius 2 is 1.85 bits per heavy atom. The van der Waals surface area contributed by atoms with E-state index in [-0.39, 0.29) is 5.97 Å². The first kappa shape index (κ1) is 16.3. The summed E-state index contributed by atoms with van der Waals surface area (Å²) < 4.78 is 15.7. The Hall–Kier alpha value is -1.75. The first-order chi connectivity index (χ1) is 9.53. The molecule has 0 radical (unpaired) electrons. The monoisotopic (exact) mass is 281 g/mol. The van der Waals surface area contributed by atoms with Crippen molar-refractivity contribution < 1.29 is 19.0 Å². The lowest BCUT2D eigenvalue weighted by Crippen LogP contribution is -2.47. The number of hydrogen-bond acceptors (Lipinski definition) is 5. The van der Waals surface area contributed by atoms with Gasteiger partial charge in [0.2, 0.25) is 0 Å². The van der Waals surface area contributed by atoms with Crippen molar-refractivity contribution in [3.8, 4) is 11.5 Å². The Morgan fingerprint density at radius 3 is 2.35 bits per heavy atom. The largest absolute Gasteiger partial charge is 0.493 e. The zero-order chi connectivity index (χ0) is 15.2. The van der Waals surface area contributed by atoms with Crippen LogP contribution in [-0.4, -0.2) is 33.3 Å². The summed E-state index contributed by atoms with van der Waals surface area (Å²) in [5, 5.41) is 3.18. The van der Waals surface area contributed by atoms with Gasteiger partial charge in [-0.2, -0.15) is 0 Å². The van der Waals surface area contributed by atoms with Crippen molar-refractivity contribution >= 4 is 5.97 Å². The third kappa shape index (κ3) is 3.22. The van der Waals surface area contributed by atoms with Crippen molar-refractivity contribution in [3.05, 3.63) is 23.8 Å². The van der Waals surface area contributed by atoms with E-state index in [0.717, 1.165) is 5.56 Å². The lowest BCUT2D eigenvalue weighted by Gasteiger charge is -2.29. The average molecular weight is 281 g/mol. The third-order valence-corrected chi connectivity index (χ3v) is 3.17. The van der Waals surface area contributed by atoms with Crippen LogP contribution >= 0.6 is 0 Å². The molecule has 0 fully saturated rings. The number of likely N-dealkylation sites (N-methyl/N-ethyl adjacent to an activating group) is 1. The Kier molecular flexibility index (Phi) is 5.82. The minimum Gasteiger partial charge on any atom is -0.493 e. The van der Waals surface area contributed by atoms with Gasteiger partial charge in [-0.05, 0) is 38.1 Å². The zero-order valence-corrected chi connectivity index (χ0v) is 12.8. The van der Waals surface area contributed by atoms with Crippen LogP contribution in [0.15, 0.2) is 18.2 Å². The van der Waals surface area contributed by atoms with Crippen LogP contribution in [0.25, 0.3) is 0 Å². The van der Waals surface area contributed by atoms with Crippen LogP contribution in [0.4, 0.5) is 0 Å². The van der Waals surface area contributed by atoms with Gasteiger partial charge in [0.1, 0.15) is 5.54 Å². The van der Waals surface area contributed by atoms with Crippen molar-refractivity contribution in [3.63, 3.8) is 0 Å². The molecule has 0 amide bonds. The lowest BCUT2D eigenvalue weighted by atomic mass is 9.91. The molecule has 5 heteroatoms. The average Bonchev–Trinajstić information content (AvgIpc) is 2.46. The molecule has 1 N–H and O–H groups in total. The molecule has 20 heavy (non-hydrogen) atoms. The van der Waals surface area contributed by atoms with Gasteiger partial charge in [0.15, 0.2) is 11.5 Å². The predicted octanol–water partition coefficient (Wildman–Crippen LogP) is 2.09. The number of benzene rings is 1. The van der Waals surface area contributed by atoms with Crippen molar-refractivity contribution in [1.29, 1.82) is 0 Å². The van der Waals surface area contributed by atoms with E-state index in [1.54, 1.807) is 40.2 Å². The number of nitrogens with one attached hydrogen (secondary N) is 1. The number of hydrogen-bond donors (Lipinski definition) is 1. The maximum atomic E-state index is 12.3. The van der Waals surface area contributed by atoms with Crippen molar-refractivity contribution in [1.82, 2.24) is 5.32 Å². The second-order valence-electron chi connectivity index (χ2n) is 4.45. The summed E-state index contributed by atoms with van der Waals surface area (Å²) in [5.74, 6) is 0.895. The molecule has 112 valence electrons. The first-order valence-electron chi connectivity index (χ1n) is 6.68. The molecule has 0 spiro atoms. The highest BCUT2D eigenvalue weighted by Crippen LogP contribution is 2.32. The molecule has 1 aromatic carbocycles. The summed E-state index contributed by atoms with van der Waals surface area (Å²) in [6.07, 6.45) is 0. The molecule has 1 atom stereocenters. The van der Waals surface area contributed by atoms with Crippen LogP contribution in [0.1, 0.15) is 26.3 Å². The van der Waals surface area contributed by atoms with Crippen LogP contribution in [0.3, 0.4) is 0 Å². The van der Waals surface area contributed by atoms with Gasteiger partial charge < -0.3 is 14.2 Å². The summed E-state index contributed by atoms with van der Waals surface area (Å²) >= 11 is 0. The Bertz CT molecular complexity index is 461. The highest BCUT2D eigenvalue weighted by Gasteiger charge is 2.36. The molecule has 0 aliphatic carbocycles. The van der Waals surface area contributed by atoms with E-state index in [0.29, 0.717) is 24.7 Å². The summed E-state index contributed by atoms with van der Waals surface area (Å²) in [5.41, 5.74) is -0.139. The van der Waals surface area contributed by atoms with Crippen molar-refractivity contribution in [2.24, 2.45) is 0 Å². The topological polar surface area (TPSA) is 56.8 Å². The van der Waals surface area contributed by atoms with Crippen LogP contribution < -0.4 is 14.8 Å². The molecule has 0 aromatic heterocycles. The van der Waals surface area contributed by atoms with Gasteiger partial charge in [0.25, 0.3) is 0 Å². The van der Waals surface area contributed by atoms with E-state index in [4.69, 9.17) is 14.2 Å². The van der Waals surface area contributed by atoms with E-state index in [1.807, 2.05) is 13.0 Å². The molecule has 0 heterocycles.